The predicted molar refractivity (Wildman–Crippen MR) is 108 cm³/mol. The summed E-state index contributed by atoms with van der Waals surface area (Å²) < 4.78 is 0. The van der Waals surface area contributed by atoms with Crippen molar-refractivity contribution in [2.45, 2.75) is 52.1 Å². The highest BCUT2D eigenvalue weighted by atomic mass is 16.2. The number of anilines is 1. The van der Waals surface area contributed by atoms with E-state index in [1.165, 1.54) is 28.8 Å². The van der Waals surface area contributed by atoms with Gasteiger partial charge in [-0.1, -0.05) is 12.1 Å². The lowest BCUT2D eigenvalue weighted by molar-refractivity contribution is 0.243. The molecule has 0 bridgehead atoms. The highest BCUT2D eigenvalue weighted by Crippen LogP contribution is 2.32. The van der Waals surface area contributed by atoms with Crippen molar-refractivity contribution in [3.8, 4) is 0 Å². The van der Waals surface area contributed by atoms with Gasteiger partial charge in [0.05, 0.1) is 0 Å². The first-order chi connectivity index (χ1) is 13.1. The SMILES string of the molecule is Cc1cc(C)c2c(n1)CCCC2NCc1ccc(N2CCCNC2=O)cc1. The summed E-state index contributed by atoms with van der Waals surface area (Å²) in [4.78, 5) is 18.6. The molecule has 1 aliphatic heterocycles. The molecular formula is C22H28N4O. The number of rotatable bonds is 4. The van der Waals surface area contributed by atoms with Crippen LogP contribution in [0.15, 0.2) is 30.3 Å². The van der Waals surface area contributed by atoms with Crippen molar-refractivity contribution in [2.75, 3.05) is 18.0 Å². The lowest BCUT2D eigenvalue weighted by atomic mass is 9.87. The molecule has 1 aromatic heterocycles. The Morgan fingerprint density at radius 3 is 2.81 bits per heavy atom. The number of nitrogens with zero attached hydrogens (tertiary/aromatic N) is 2. The number of carbonyl (C=O) groups is 1. The average Bonchev–Trinajstić information content (AvgIpc) is 2.67. The van der Waals surface area contributed by atoms with Crippen molar-refractivity contribution in [1.29, 1.82) is 0 Å². The second-order valence-corrected chi connectivity index (χ2v) is 7.67. The fourth-order valence-corrected chi connectivity index (χ4v) is 4.32. The van der Waals surface area contributed by atoms with Crippen LogP contribution in [-0.4, -0.2) is 24.1 Å². The van der Waals surface area contributed by atoms with Gasteiger partial charge >= 0.3 is 6.03 Å². The van der Waals surface area contributed by atoms with Crippen LogP contribution in [0.4, 0.5) is 10.5 Å². The van der Waals surface area contributed by atoms with Crippen LogP contribution in [0.2, 0.25) is 0 Å². The standard InChI is InChI=1S/C22H28N4O/c1-15-13-16(2)25-20-6-3-5-19(21(15)20)24-14-17-7-9-18(10-8-17)26-12-4-11-23-22(26)27/h7-10,13,19,24H,3-6,11-12,14H2,1-2H3,(H,23,27). The number of pyridine rings is 1. The van der Waals surface area contributed by atoms with Crippen molar-refractivity contribution in [1.82, 2.24) is 15.6 Å². The van der Waals surface area contributed by atoms with Gasteiger partial charge in [-0.05, 0) is 74.4 Å². The molecule has 1 saturated heterocycles. The van der Waals surface area contributed by atoms with Gasteiger partial charge in [-0.3, -0.25) is 9.88 Å². The summed E-state index contributed by atoms with van der Waals surface area (Å²) in [7, 11) is 0. The molecule has 5 heteroatoms. The summed E-state index contributed by atoms with van der Waals surface area (Å²) in [6.07, 6.45) is 4.42. The zero-order valence-corrected chi connectivity index (χ0v) is 16.2. The number of urea groups is 1. The molecule has 5 nitrogen and oxygen atoms in total. The number of aromatic nitrogens is 1. The van der Waals surface area contributed by atoms with Gasteiger partial charge in [-0.2, -0.15) is 0 Å². The van der Waals surface area contributed by atoms with E-state index < -0.39 is 0 Å². The Morgan fingerprint density at radius 2 is 2.04 bits per heavy atom. The Bertz CT molecular complexity index is 831. The van der Waals surface area contributed by atoms with Crippen molar-refractivity contribution in [3.05, 3.63) is 58.4 Å². The van der Waals surface area contributed by atoms with E-state index in [1.54, 1.807) is 0 Å². The first-order valence-corrected chi connectivity index (χ1v) is 9.96. The smallest absolute Gasteiger partial charge is 0.321 e. The fraction of sp³-hybridized carbons (Fsp3) is 0.455. The Balaban J connectivity index is 1.43. The summed E-state index contributed by atoms with van der Waals surface area (Å²) in [5.41, 5.74) is 7.33. The van der Waals surface area contributed by atoms with E-state index in [1.807, 2.05) is 17.0 Å². The molecule has 2 heterocycles. The van der Waals surface area contributed by atoms with Crippen LogP contribution in [0.1, 0.15) is 53.4 Å². The average molecular weight is 364 g/mol. The Labute approximate surface area is 161 Å². The van der Waals surface area contributed by atoms with E-state index in [-0.39, 0.29) is 6.03 Å². The molecule has 0 saturated carbocycles. The van der Waals surface area contributed by atoms with Gasteiger partial charge in [-0.25, -0.2) is 4.79 Å². The monoisotopic (exact) mass is 364 g/mol. The molecule has 2 aliphatic rings. The van der Waals surface area contributed by atoms with Crippen LogP contribution in [0.25, 0.3) is 0 Å². The zero-order chi connectivity index (χ0) is 18.8. The van der Waals surface area contributed by atoms with Crippen LogP contribution >= 0.6 is 0 Å². The Hall–Kier alpha value is -2.40. The number of hydrogen-bond acceptors (Lipinski definition) is 3. The van der Waals surface area contributed by atoms with Gasteiger partial charge in [-0.15, -0.1) is 0 Å². The molecule has 2 aromatic rings. The molecule has 0 spiro atoms. The third-order valence-electron chi connectivity index (χ3n) is 5.61. The molecule has 1 fully saturated rings. The quantitative estimate of drug-likeness (QED) is 0.868. The number of benzene rings is 1. The first-order valence-electron chi connectivity index (χ1n) is 9.96. The number of aryl methyl sites for hydroxylation is 3. The van der Waals surface area contributed by atoms with Crippen LogP contribution in [0.3, 0.4) is 0 Å². The maximum Gasteiger partial charge on any atom is 0.321 e. The summed E-state index contributed by atoms with van der Waals surface area (Å²) >= 11 is 0. The highest BCUT2D eigenvalue weighted by Gasteiger charge is 2.23. The molecule has 1 unspecified atom stereocenters. The molecular weight excluding hydrogens is 336 g/mol. The van der Waals surface area contributed by atoms with Crippen molar-refractivity contribution in [3.63, 3.8) is 0 Å². The maximum absolute atomic E-state index is 12.0. The molecule has 2 N–H and O–H groups in total. The number of hydrogen-bond donors (Lipinski definition) is 2. The minimum Gasteiger partial charge on any atom is -0.338 e. The van der Waals surface area contributed by atoms with Crippen molar-refractivity contribution in [2.24, 2.45) is 0 Å². The van der Waals surface area contributed by atoms with Gasteiger partial charge in [0.15, 0.2) is 0 Å². The van der Waals surface area contributed by atoms with Crippen LogP contribution in [-0.2, 0) is 13.0 Å². The topological polar surface area (TPSA) is 57.3 Å². The Kier molecular flexibility index (Phi) is 5.12. The van der Waals surface area contributed by atoms with Gasteiger partial charge in [0.25, 0.3) is 0 Å². The summed E-state index contributed by atoms with van der Waals surface area (Å²) in [5, 5.41) is 6.63. The van der Waals surface area contributed by atoms with E-state index >= 15 is 0 Å². The number of nitrogens with one attached hydrogen (secondary N) is 2. The maximum atomic E-state index is 12.0. The minimum atomic E-state index is 0.00389. The van der Waals surface area contributed by atoms with E-state index in [9.17, 15) is 4.79 Å². The third kappa shape index (κ3) is 3.83. The fourth-order valence-electron chi connectivity index (χ4n) is 4.32. The van der Waals surface area contributed by atoms with E-state index in [2.05, 4.69) is 42.7 Å². The van der Waals surface area contributed by atoms with Crippen LogP contribution < -0.4 is 15.5 Å². The molecule has 142 valence electrons. The number of fused-ring (bicyclic) bond motifs is 1. The van der Waals surface area contributed by atoms with Crippen molar-refractivity contribution >= 4 is 11.7 Å². The largest absolute Gasteiger partial charge is 0.338 e. The predicted octanol–water partition coefficient (Wildman–Crippen LogP) is 3.79. The van der Waals surface area contributed by atoms with Gasteiger partial charge in [0.2, 0.25) is 0 Å². The van der Waals surface area contributed by atoms with Gasteiger partial charge < -0.3 is 10.6 Å². The van der Waals surface area contributed by atoms with Crippen LogP contribution in [0, 0.1) is 13.8 Å². The third-order valence-corrected chi connectivity index (χ3v) is 5.61. The highest BCUT2D eigenvalue weighted by molar-refractivity contribution is 5.92. The second kappa shape index (κ2) is 7.69. The molecule has 1 aromatic carbocycles. The lowest BCUT2D eigenvalue weighted by Crippen LogP contribution is -2.46. The lowest BCUT2D eigenvalue weighted by Gasteiger charge is -2.28. The molecule has 4 rings (SSSR count). The molecule has 2 amide bonds. The summed E-state index contributed by atoms with van der Waals surface area (Å²) in [5.74, 6) is 0. The Morgan fingerprint density at radius 1 is 1.22 bits per heavy atom. The summed E-state index contributed by atoms with van der Waals surface area (Å²) in [6.45, 7) is 6.66. The van der Waals surface area contributed by atoms with E-state index in [4.69, 9.17) is 4.98 Å². The molecule has 1 atom stereocenters. The normalized spacial score (nSPS) is 19.6. The van der Waals surface area contributed by atoms with E-state index in [0.29, 0.717) is 6.04 Å². The second-order valence-electron chi connectivity index (χ2n) is 7.67. The molecule has 27 heavy (non-hydrogen) atoms. The summed E-state index contributed by atoms with van der Waals surface area (Å²) in [6, 6.07) is 10.9. The number of amides is 2. The zero-order valence-electron chi connectivity index (χ0n) is 16.2. The van der Waals surface area contributed by atoms with Gasteiger partial charge in [0, 0.05) is 42.8 Å². The molecule has 0 radical (unpaired) electrons. The molecule has 1 aliphatic carbocycles. The number of carbonyl (C=O) groups excluding carboxylic acids is 1. The first kappa shape index (κ1) is 18.0. The van der Waals surface area contributed by atoms with Crippen LogP contribution in [0.5, 0.6) is 0 Å². The van der Waals surface area contributed by atoms with Gasteiger partial charge in [0.1, 0.15) is 0 Å². The van der Waals surface area contributed by atoms with E-state index in [0.717, 1.165) is 50.3 Å². The minimum absolute atomic E-state index is 0.00389. The van der Waals surface area contributed by atoms with Crippen molar-refractivity contribution < 1.29 is 4.79 Å².